The van der Waals surface area contributed by atoms with Gasteiger partial charge in [-0.05, 0) is 38.5 Å². The van der Waals surface area contributed by atoms with Crippen LogP contribution in [0.25, 0.3) is 10.9 Å². The molecular weight excluding hydrogens is 320 g/mol. The van der Waals surface area contributed by atoms with E-state index in [4.69, 9.17) is 16.3 Å². The fourth-order valence-electron chi connectivity index (χ4n) is 2.95. The van der Waals surface area contributed by atoms with Crippen molar-refractivity contribution < 1.29 is 4.74 Å². The Morgan fingerprint density at radius 1 is 1.50 bits per heavy atom. The van der Waals surface area contributed by atoms with Crippen LogP contribution in [0.15, 0.2) is 48.2 Å². The summed E-state index contributed by atoms with van der Waals surface area (Å²) in [5.41, 5.74) is 3.27. The second-order valence-corrected chi connectivity index (χ2v) is 6.60. The van der Waals surface area contributed by atoms with Crippen molar-refractivity contribution in [1.82, 2.24) is 9.88 Å². The lowest BCUT2D eigenvalue weighted by Gasteiger charge is -2.34. The summed E-state index contributed by atoms with van der Waals surface area (Å²) >= 11 is 6.43. The highest BCUT2D eigenvalue weighted by Gasteiger charge is 2.25. The standard InChI is InChI=1S/C20H23ClN2O/c1-4-5-6-8-14(2)15(3)23-12-16-11-18(21)17-9-7-10-22-19(17)20(16)24-13-23/h5-11,15H,4,12-13H2,1-3H3/b6-5-,14-8+. The van der Waals surface area contributed by atoms with E-state index in [9.17, 15) is 0 Å². The molecule has 0 saturated carbocycles. The molecule has 0 radical (unpaired) electrons. The molecule has 126 valence electrons. The van der Waals surface area contributed by atoms with Gasteiger partial charge in [0.15, 0.2) is 5.75 Å². The Morgan fingerprint density at radius 2 is 2.33 bits per heavy atom. The zero-order valence-electron chi connectivity index (χ0n) is 14.4. The molecule has 1 aliphatic rings. The van der Waals surface area contributed by atoms with Crippen LogP contribution in [-0.4, -0.2) is 22.7 Å². The van der Waals surface area contributed by atoms with E-state index in [0.717, 1.165) is 40.2 Å². The number of halogens is 1. The van der Waals surface area contributed by atoms with E-state index in [1.807, 2.05) is 18.2 Å². The summed E-state index contributed by atoms with van der Waals surface area (Å²) in [4.78, 5) is 6.77. The first kappa shape index (κ1) is 17.0. The molecule has 0 aliphatic carbocycles. The number of aromatic nitrogens is 1. The van der Waals surface area contributed by atoms with Crippen molar-refractivity contribution in [3.05, 3.63) is 58.8 Å². The van der Waals surface area contributed by atoms with Gasteiger partial charge in [0.2, 0.25) is 0 Å². The number of nitrogens with zero attached hydrogens (tertiary/aromatic N) is 2. The van der Waals surface area contributed by atoms with Crippen LogP contribution >= 0.6 is 11.6 Å². The van der Waals surface area contributed by atoms with E-state index in [1.165, 1.54) is 5.57 Å². The van der Waals surface area contributed by atoms with Crippen LogP contribution in [0.3, 0.4) is 0 Å². The van der Waals surface area contributed by atoms with Gasteiger partial charge in [-0.25, -0.2) is 0 Å². The molecule has 24 heavy (non-hydrogen) atoms. The maximum Gasteiger partial charge on any atom is 0.152 e. The molecule has 3 rings (SSSR count). The summed E-state index contributed by atoms with van der Waals surface area (Å²) in [6.45, 7) is 7.88. The molecule has 0 fully saturated rings. The first-order valence-electron chi connectivity index (χ1n) is 8.38. The van der Waals surface area contributed by atoms with Crippen molar-refractivity contribution in [2.45, 2.75) is 39.8 Å². The van der Waals surface area contributed by atoms with Crippen LogP contribution in [-0.2, 0) is 6.54 Å². The fraction of sp³-hybridized carbons (Fsp3) is 0.350. The van der Waals surface area contributed by atoms with Crippen LogP contribution in [0.4, 0.5) is 0 Å². The molecule has 4 heteroatoms. The van der Waals surface area contributed by atoms with Crippen LogP contribution in [0.2, 0.25) is 5.02 Å². The lowest BCUT2D eigenvalue weighted by Crippen LogP contribution is -2.39. The molecule has 1 aromatic carbocycles. The molecule has 0 bridgehead atoms. The normalized spacial score (nSPS) is 17.1. The lowest BCUT2D eigenvalue weighted by atomic mass is 10.0. The van der Waals surface area contributed by atoms with Crippen molar-refractivity contribution in [2.24, 2.45) is 0 Å². The molecule has 3 nitrogen and oxygen atoms in total. The summed E-state index contributed by atoms with van der Waals surface area (Å²) in [5, 5.41) is 1.67. The lowest BCUT2D eigenvalue weighted by molar-refractivity contribution is 0.0755. The molecule has 1 aromatic heterocycles. The summed E-state index contributed by atoms with van der Waals surface area (Å²) in [7, 11) is 0. The van der Waals surface area contributed by atoms with Gasteiger partial charge in [-0.1, -0.05) is 42.3 Å². The smallest absolute Gasteiger partial charge is 0.152 e. The third-order valence-electron chi connectivity index (χ3n) is 4.56. The van der Waals surface area contributed by atoms with Crippen molar-refractivity contribution in [1.29, 1.82) is 0 Å². The van der Waals surface area contributed by atoms with Crippen LogP contribution < -0.4 is 4.74 Å². The topological polar surface area (TPSA) is 25.4 Å². The van der Waals surface area contributed by atoms with Gasteiger partial charge in [-0.3, -0.25) is 9.88 Å². The highest BCUT2D eigenvalue weighted by molar-refractivity contribution is 6.35. The minimum atomic E-state index is 0.304. The number of hydrogen-bond acceptors (Lipinski definition) is 3. The highest BCUT2D eigenvalue weighted by atomic mass is 35.5. The van der Waals surface area contributed by atoms with Crippen LogP contribution in [0.1, 0.15) is 32.8 Å². The molecule has 2 aromatic rings. The number of hydrogen-bond donors (Lipinski definition) is 0. The molecule has 1 atom stereocenters. The second kappa shape index (κ2) is 7.37. The maximum absolute atomic E-state index is 6.43. The van der Waals surface area contributed by atoms with Gasteiger partial charge in [0, 0.05) is 29.7 Å². The molecule has 2 heterocycles. The molecule has 0 spiro atoms. The quantitative estimate of drug-likeness (QED) is 0.701. The predicted molar refractivity (Wildman–Crippen MR) is 100 cm³/mol. The molecular formula is C20H23ClN2O. The number of allylic oxidation sites excluding steroid dienone is 3. The molecule has 0 N–H and O–H groups in total. The average molecular weight is 343 g/mol. The first-order chi connectivity index (χ1) is 11.6. The van der Waals surface area contributed by atoms with E-state index in [1.54, 1.807) is 6.20 Å². The van der Waals surface area contributed by atoms with Gasteiger partial charge < -0.3 is 4.74 Å². The Hall–Kier alpha value is -1.84. The molecule has 0 amide bonds. The van der Waals surface area contributed by atoms with Gasteiger partial charge in [0.1, 0.15) is 12.2 Å². The zero-order chi connectivity index (χ0) is 17.1. The number of ether oxygens (including phenoxy) is 1. The maximum atomic E-state index is 6.43. The van der Waals surface area contributed by atoms with Crippen molar-refractivity contribution in [2.75, 3.05) is 6.73 Å². The van der Waals surface area contributed by atoms with Crippen LogP contribution in [0, 0.1) is 0 Å². The minimum Gasteiger partial charge on any atom is -0.475 e. The van der Waals surface area contributed by atoms with E-state index in [-0.39, 0.29) is 0 Å². The predicted octanol–water partition coefficient (Wildman–Crippen LogP) is 5.34. The molecule has 1 aliphatic heterocycles. The number of benzene rings is 1. The molecule has 0 saturated heterocycles. The number of fused-ring (bicyclic) bond motifs is 3. The summed E-state index contributed by atoms with van der Waals surface area (Å²) in [6, 6.07) is 6.19. The zero-order valence-corrected chi connectivity index (χ0v) is 15.2. The van der Waals surface area contributed by atoms with Gasteiger partial charge >= 0.3 is 0 Å². The second-order valence-electron chi connectivity index (χ2n) is 6.19. The van der Waals surface area contributed by atoms with Crippen molar-refractivity contribution in [3.8, 4) is 5.75 Å². The van der Waals surface area contributed by atoms with Gasteiger partial charge in [-0.2, -0.15) is 0 Å². The SMILES string of the molecule is CC/C=C\C=C(/C)C(C)N1COc2c(cc(Cl)c3cccnc23)C1. The van der Waals surface area contributed by atoms with Gasteiger partial charge in [0.25, 0.3) is 0 Å². The highest BCUT2D eigenvalue weighted by Crippen LogP contribution is 2.37. The monoisotopic (exact) mass is 342 g/mol. The number of pyridine rings is 1. The Balaban J connectivity index is 1.87. The fourth-order valence-corrected chi connectivity index (χ4v) is 3.23. The summed E-state index contributed by atoms with van der Waals surface area (Å²) in [5.74, 6) is 0.867. The van der Waals surface area contributed by atoms with E-state index < -0.39 is 0 Å². The Morgan fingerprint density at radius 3 is 3.12 bits per heavy atom. The average Bonchev–Trinajstić information content (AvgIpc) is 2.61. The Bertz CT molecular complexity index is 798. The largest absolute Gasteiger partial charge is 0.475 e. The third-order valence-corrected chi connectivity index (χ3v) is 4.87. The van der Waals surface area contributed by atoms with Crippen molar-refractivity contribution in [3.63, 3.8) is 0 Å². The number of rotatable bonds is 4. The summed E-state index contributed by atoms with van der Waals surface area (Å²) < 4.78 is 6.06. The third kappa shape index (κ3) is 3.33. The first-order valence-corrected chi connectivity index (χ1v) is 8.76. The van der Waals surface area contributed by atoms with E-state index >= 15 is 0 Å². The van der Waals surface area contributed by atoms with Crippen LogP contribution in [0.5, 0.6) is 5.75 Å². The van der Waals surface area contributed by atoms with Gasteiger partial charge in [-0.15, -0.1) is 0 Å². The molecule has 1 unspecified atom stereocenters. The summed E-state index contributed by atoms with van der Waals surface area (Å²) in [6.07, 6.45) is 9.30. The van der Waals surface area contributed by atoms with E-state index in [2.05, 4.69) is 48.9 Å². The van der Waals surface area contributed by atoms with Gasteiger partial charge in [0.05, 0.1) is 5.02 Å². The van der Waals surface area contributed by atoms with E-state index in [0.29, 0.717) is 12.8 Å². The minimum absolute atomic E-state index is 0.304. The Labute approximate surface area is 148 Å². The Kier molecular flexibility index (Phi) is 5.22. The van der Waals surface area contributed by atoms with Crippen molar-refractivity contribution >= 4 is 22.5 Å².